The Morgan fingerprint density at radius 2 is 2.00 bits per heavy atom. The highest BCUT2D eigenvalue weighted by molar-refractivity contribution is 6.04. The first-order valence-electron chi connectivity index (χ1n) is 5.98. The minimum Gasteiger partial charge on any atom is -0.397 e. The lowest BCUT2D eigenvalue weighted by Gasteiger charge is -2.05. The lowest BCUT2D eigenvalue weighted by Crippen LogP contribution is -2.15. The normalized spacial score (nSPS) is 10.8. The molecular formula is C13H13N5O2. The quantitative estimate of drug-likeness (QED) is 0.559. The van der Waals surface area contributed by atoms with E-state index in [9.17, 15) is 9.59 Å². The summed E-state index contributed by atoms with van der Waals surface area (Å²) >= 11 is 0. The average Bonchev–Trinajstić information content (AvgIpc) is 2.90. The van der Waals surface area contributed by atoms with Crippen LogP contribution >= 0.6 is 0 Å². The van der Waals surface area contributed by atoms with Crippen LogP contribution in [0.4, 0.5) is 11.4 Å². The number of aromatic amines is 2. The van der Waals surface area contributed by atoms with Crippen molar-refractivity contribution in [1.29, 1.82) is 0 Å². The highest BCUT2D eigenvalue weighted by Gasteiger charge is 2.11. The predicted molar refractivity (Wildman–Crippen MR) is 76.7 cm³/mol. The highest BCUT2D eigenvalue weighted by Crippen LogP contribution is 2.16. The van der Waals surface area contributed by atoms with E-state index < -0.39 is 0 Å². The molecule has 3 rings (SSSR count). The molecule has 3 aromatic rings. The molecule has 0 aliphatic carbocycles. The molecule has 7 nitrogen and oxygen atoms in total. The number of aryl methyl sites for hydroxylation is 1. The van der Waals surface area contributed by atoms with Gasteiger partial charge in [-0.15, -0.1) is 0 Å². The van der Waals surface area contributed by atoms with Crippen molar-refractivity contribution < 1.29 is 4.79 Å². The number of carbonyl (C=O) groups excluding carboxylic acids is 1. The van der Waals surface area contributed by atoms with Crippen LogP contribution in [0.2, 0.25) is 0 Å². The standard InChI is InChI=1S/C13H13N5O2/c1-18-6-7(14)4-11(18)12(19)15-8-2-3-9-10(5-8)17-13(20)16-9/h2-6H,14H2,1H3,(H,15,19)(H2,16,17,20). The Morgan fingerprint density at radius 3 is 2.70 bits per heavy atom. The molecule has 2 heterocycles. The number of aromatic nitrogens is 3. The number of imidazole rings is 1. The van der Waals surface area contributed by atoms with Crippen LogP contribution in [-0.4, -0.2) is 20.4 Å². The van der Waals surface area contributed by atoms with Crippen LogP contribution in [0.15, 0.2) is 35.3 Å². The Morgan fingerprint density at radius 1 is 1.25 bits per heavy atom. The molecule has 1 amide bonds. The van der Waals surface area contributed by atoms with Gasteiger partial charge >= 0.3 is 5.69 Å². The number of H-pyrrole nitrogens is 2. The van der Waals surface area contributed by atoms with Crippen molar-refractivity contribution in [3.8, 4) is 0 Å². The molecular weight excluding hydrogens is 258 g/mol. The third-order valence-corrected chi connectivity index (χ3v) is 3.03. The molecule has 0 unspecified atom stereocenters. The van der Waals surface area contributed by atoms with E-state index in [4.69, 9.17) is 5.73 Å². The van der Waals surface area contributed by atoms with E-state index in [2.05, 4.69) is 15.3 Å². The smallest absolute Gasteiger partial charge is 0.323 e. The Hall–Kier alpha value is -2.96. The maximum Gasteiger partial charge on any atom is 0.323 e. The lowest BCUT2D eigenvalue weighted by atomic mass is 10.2. The average molecular weight is 271 g/mol. The third kappa shape index (κ3) is 2.05. The van der Waals surface area contributed by atoms with Gasteiger partial charge < -0.3 is 25.6 Å². The number of nitrogens with one attached hydrogen (secondary N) is 3. The molecule has 20 heavy (non-hydrogen) atoms. The number of anilines is 2. The summed E-state index contributed by atoms with van der Waals surface area (Å²) in [7, 11) is 1.75. The fourth-order valence-corrected chi connectivity index (χ4v) is 2.12. The van der Waals surface area contributed by atoms with E-state index in [1.54, 1.807) is 42.1 Å². The van der Waals surface area contributed by atoms with Gasteiger partial charge in [0.2, 0.25) is 0 Å². The van der Waals surface area contributed by atoms with Crippen molar-refractivity contribution in [1.82, 2.24) is 14.5 Å². The fraction of sp³-hybridized carbons (Fsp3) is 0.0769. The molecule has 5 N–H and O–H groups in total. The van der Waals surface area contributed by atoms with Crippen LogP contribution in [0.1, 0.15) is 10.5 Å². The van der Waals surface area contributed by atoms with Gasteiger partial charge in [0.1, 0.15) is 5.69 Å². The van der Waals surface area contributed by atoms with Crippen molar-refractivity contribution in [3.63, 3.8) is 0 Å². The molecule has 0 aliphatic heterocycles. The zero-order valence-electron chi connectivity index (χ0n) is 10.7. The first-order chi connectivity index (χ1) is 9.52. The summed E-state index contributed by atoms with van der Waals surface area (Å²) in [5.41, 5.74) is 8.28. The van der Waals surface area contributed by atoms with Gasteiger partial charge in [0, 0.05) is 18.9 Å². The Bertz CT molecular complexity index is 855. The van der Waals surface area contributed by atoms with Crippen LogP contribution in [0.5, 0.6) is 0 Å². The van der Waals surface area contributed by atoms with Gasteiger partial charge in [0.15, 0.2) is 0 Å². The van der Waals surface area contributed by atoms with Crippen LogP contribution in [0, 0.1) is 0 Å². The van der Waals surface area contributed by atoms with E-state index in [1.807, 2.05) is 0 Å². The minimum absolute atomic E-state index is 0.263. The van der Waals surface area contributed by atoms with E-state index in [1.165, 1.54) is 0 Å². The summed E-state index contributed by atoms with van der Waals surface area (Å²) in [6, 6.07) is 6.74. The summed E-state index contributed by atoms with van der Waals surface area (Å²) in [4.78, 5) is 28.6. The van der Waals surface area contributed by atoms with E-state index in [0.717, 1.165) is 0 Å². The molecule has 7 heteroatoms. The molecule has 2 aromatic heterocycles. The third-order valence-electron chi connectivity index (χ3n) is 3.03. The number of hydrogen-bond acceptors (Lipinski definition) is 3. The second kappa shape index (κ2) is 4.30. The number of nitrogens with zero attached hydrogens (tertiary/aromatic N) is 1. The first-order valence-corrected chi connectivity index (χ1v) is 5.98. The number of benzene rings is 1. The van der Waals surface area contributed by atoms with Gasteiger partial charge in [-0.1, -0.05) is 0 Å². The second-order valence-corrected chi connectivity index (χ2v) is 4.56. The maximum atomic E-state index is 12.1. The van der Waals surface area contributed by atoms with Crippen molar-refractivity contribution in [2.24, 2.45) is 7.05 Å². The van der Waals surface area contributed by atoms with Crippen molar-refractivity contribution >= 4 is 28.3 Å². The van der Waals surface area contributed by atoms with Gasteiger partial charge in [-0.3, -0.25) is 4.79 Å². The number of nitrogen functional groups attached to an aromatic ring is 1. The number of nitrogens with two attached hydrogens (primary N) is 1. The fourth-order valence-electron chi connectivity index (χ4n) is 2.12. The molecule has 0 radical (unpaired) electrons. The van der Waals surface area contributed by atoms with Crippen LogP contribution < -0.4 is 16.7 Å². The molecule has 0 bridgehead atoms. The Labute approximate surface area is 113 Å². The van der Waals surface area contributed by atoms with Crippen LogP contribution in [0.25, 0.3) is 11.0 Å². The zero-order valence-corrected chi connectivity index (χ0v) is 10.7. The molecule has 0 spiro atoms. The molecule has 0 aliphatic rings. The summed E-state index contributed by atoms with van der Waals surface area (Å²) in [6.07, 6.45) is 1.67. The molecule has 0 saturated carbocycles. The first kappa shape index (κ1) is 12.1. The summed E-state index contributed by atoms with van der Waals surface area (Å²) < 4.78 is 1.65. The summed E-state index contributed by atoms with van der Waals surface area (Å²) in [5, 5.41) is 2.76. The largest absolute Gasteiger partial charge is 0.397 e. The van der Waals surface area contributed by atoms with Gasteiger partial charge in [-0.2, -0.15) is 0 Å². The monoisotopic (exact) mass is 271 g/mol. The van der Waals surface area contributed by atoms with Gasteiger partial charge in [-0.25, -0.2) is 4.79 Å². The maximum absolute atomic E-state index is 12.1. The minimum atomic E-state index is -0.279. The number of rotatable bonds is 2. The summed E-state index contributed by atoms with van der Waals surface area (Å²) in [5.74, 6) is -0.263. The Kier molecular flexibility index (Phi) is 2.60. The number of carbonyl (C=O) groups is 1. The van der Waals surface area contributed by atoms with Crippen molar-refractivity contribution in [3.05, 3.63) is 46.6 Å². The second-order valence-electron chi connectivity index (χ2n) is 4.56. The number of hydrogen-bond donors (Lipinski definition) is 4. The Balaban J connectivity index is 1.90. The van der Waals surface area contributed by atoms with Gasteiger partial charge in [0.05, 0.1) is 16.7 Å². The van der Waals surface area contributed by atoms with E-state index in [0.29, 0.717) is 28.1 Å². The van der Waals surface area contributed by atoms with Crippen LogP contribution in [-0.2, 0) is 7.05 Å². The van der Waals surface area contributed by atoms with Gasteiger partial charge in [0.25, 0.3) is 5.91 Å². The van der Waals surface area contributed by atoms with Crippen LogP contribution in [0.3, 0.4) is 0 Å². The highest BCUT2D eigenvalue weighted by atomic mass is 16.2. The van der Waals surface area contributed by atoms with Crippen molar-refractivity contribution in [2.45, 2.75) is 0 Å². The SMILES string of the molecule is Cn1cc(N)cc1C(=O)Nc1ccc2[nH]c(=O)[nH]c2c1. The summed E-state index contributed by atoms with van der Waals surface area (Å²) in [6.45, 7) is 0. The molecule has 0 fully saturated rings. The zero-order chi connectivity index (χ0) is 14.3. The molecule has 102 valence electrons. The van der Waals surface area contributed by atoms with Gasteiger partial charge in [-0.05, 0) is 24.3 Å². The predicted octanol–water partition coefficient (Wildman–Crippen LogP) is 1.03. The number of fused-ring (bicyclic) bond motifs is 1. The lowest BCUT2D eigenvalue weighted by molar-refractivity contribution is 0.101. The molecule has 0 saturated heterocycles. The van der Waals surface area contributed by atoms with E-state index >= 15 is 0 Å². The topological polar surface area (TPSA) is 109 Å². The van der Waals surface area contributed by atoms with Crippen molar-refractivity contribution in [2.75, 3.05) is 11.1 Å². The molecule has 0 atom stereocenters. The number of amides is 1. The van der Waals surface area contributed by atoms with E-state index in [-0.39, 0.29) is 11.6 Å². The molecule has 1 aromatic carbocycles.